The second-order valence-electron chi connectivity index (χ2n) is 6.81. The zero-order chi connectivity index (χ0) is 18.8. The number of hydrogen-bond acceptors (Lipinski definition) is 3. The molecule has 1 aliphatic rings. The third kappa shape index (κ3) is 9.83. The van der Waals surface area contributed by atoms with E-state index in [1.54, 1.807) is 0 Å². The highest BCUT2D eigenvalue weighted by atomic mass is 127. The molecule has 3 N–H and O–H groups in total. The molecule has 7 heteroatoms. The van der Waals surface area contributed by atoms with E-state index in [0.29, 0.717) is 19.6 Å². The van der Waals surface area contributed by atoms with Crippen LogP contribution in [0.25, 0.3) is 0 Å². The third-order valence-corrected chi connectivity index (χ3v) is 3.97. The quantitative estimate of drug-likeness (QED) is 0.205. The summed E-state index contributed by atoms with van der Waals surface area (Å²) in [7, 11) is 0. The molecule has 2 rings (SSSR count). The van der Waals surface area contributed by atoms with Crippen molar-refractivity contribution < 1.29 is 9.53 Å². The number of carbonyl (C=O) groups is 1. The maximum Gasteiger partial charge on any atom is 0.223 e. The summed E-state index contributed by atoms with van der Waals surface area (Å²) in [6, 6.07) is 8.18. The number of aliphatic imine (C=N–C) groups is 1. The molecular formula is C20H33IN4O2. The number of ether oxygens (including phenoxy) is 1. The first kappa shape index (κ1) is 23.5. The fourth-order valence-corrected chi connectivity index (χ4v) is 2.50. The summed E-state index contributed by atoms with van der Waals surface area (Å²) in [6.07, 6.45) is 3.13. The lowest BCUT2D eigenvalue weighted by Crippen LogP contribution is -2.41. The fraction of sp³-hybridized carbons (Fsp3) is 0.600. The molecule has 0 aromatic heterocycles. The SMILES string of the molecule is CCNC(=NCCc1ccc(OC(C)C)cc1)NCCNC(=O)C1CC1.I. The van der Waals surface area contributed by atoms with E-state index in [9.17, 15) is 4.79 Å². The number of benzene rings is 1. The van der Waals surface area contributed by atoms with Gasteiger partial charge in [-0.3, -0.25) is 9.79 Å². The minimum absolute atomic E-state index is 0. The Morgan fingerprint density at radius 3 is 2.41 bits per heavy atom. The number of guanidine groups is 1. The van der Waals surface area contributed by atoms with Gasteiger partial charge in [0.05, 0.1) is 6.10 Å². The van der Waals surface area contributed by atoms with E-state index in [2.05, 4.69) is 33.1 Å². The highest BCUT2D eigenvalue weighted by Gasteiger charge is 2.28. The second-order valence-corrected chi connectivity index (χ2v) is 6.81. The van der Waals surface area contributed by atoms with Gasteiger partial charge in [0.25, 0.3) is 0 Å². The molecule has 0 radical (unpaired) electrons. The lowest BCUT2D eigenvalue weighted by molar-refractivity contribution is -0.122. The largest absolute Gasteiger partial charge is 0.491 e. The van der Waals surface area contributed by atoms with E-state index in [1.165, 1.54) is 5.56 Å². The molecule has 0 bridgehead atoms. The van der Waals surface area contributed by atoms with E-state index >= 15 is 0 Å². The summed E-state index contributed by atoms with van der Waals surface area (Å²) < 4.78 is 5.66. The molecule has 1 saturated carbocycles. The van der Waals surface area contributed by atoms with Crippen LogP contribution in [0.2, 0.25) is 0 Å². The van der Waals surface area contributed by atoms with Crippen LogP contribution in [0.1, 0.15) is 39.2 Å². The van der Waals surface area contributed by atoms with Gasteiger partial charge in [0.15, 0.2) is 5.96 Å². The lowest BCUT2D eigenvalue weighted by Gasteiger charge is -2.12. The number of hydrogen-bond donors (Lipinski definition) is 3. The molecule has 152 valence electrons. The van der Waals surface area contributed by atoms with Gasteiger partial charge in [0.2, 0.25) is 5.91 Å². The maximum absolute atomic E-state index is 11.6. The molecule has 1 aliphatic carbocycles. The normalized spacial score (nSPS) is 13.7. The molecule has 0 aliphatic heterocycles. The Balaban J connectivity index is 0.00000364. The average molecular weight is 488 g/mol. The maximum atomic E-state index is 11.6. The summed E-state index contributed by atoms with van der Waals surface area (Å²) in [6.45, 7) is 8.89. The Labute approximate surface area is 179 Å². The topological polar surface area (TPSA) is 74.8 Å². The van der Waals surface area contributed by atoms with Crippen LogP contribution in [0.15, 0.2) is 29.3 Å². The molecule has 1 aromatic carbocycles. The van der Waals surface area contributed by atoms with E-state index in [0.717, 1.165) is 37.5 Å². The number of amides is 1. The van der Waals surface area contributed by atoms with Crippen LogP contribution in [-0.4, -0.2) is 44.1 Å². The standard InChI is InChI=1S/C20H32N4O2.HI/c1-4-21-20(24-14-13-22-19(25)17-7-8-17)23-12-11-16-5-9-18(10-6-16)26-15(2)3;/h5-6,9-10,15,17H,4,7-8,11-14H2,1-3H3,(H,22,25)(H2,21,23,24);1H. The Kier molecular flexibility index (Phi) is 11.2. The molecule has 6 nitrogen and oxygen atoms in total. The Bertz CT molecular complexity index is 586. The molecule has 1 fully saturated rings. The molecule has 1 aromatic rings. The monoisotopic (exact) mass is 488 g/mol. The fourth-order valence-electron chi connectivity index (χ4n) is 2.50. The smallest absolute Gasteiger partial charge is 0.223 e. The summed E-state index contributed by atoms with van der Waals surface area (Å²) in [5, 5.41) is 9.43. The average Bonchev–Trinajstić information content (AvgIpc) is 3.44. The summed E-state index contributed by atoms with van der Waals surface area (Å²) in [5.41, 5.74) is 1.23. The van der Waals surface area contributed by atoms with E-state index in [4.69, 9.17) is 4.74 Å². The molecule has 0 heterocycles. The van der Waals surface area contributed by atoms with E-state index in [1.807, 2.05) is 32.9 Å². The summed E-state index contributed by atoms with van der Waals surface area (Å²) in [5.74, 6) is 2.12. The van der Waals surface area contributed by atoms with Crippen LogP contribution in [0.3, 0.4) is 0 Å². The minimum atomic E-state index is 0. The number of halogens is 1. The van der Waals surface area contributed by atoms with Gasteiger partial charge in [-0.05, 0) is 57.7 Å². The van der Waals surface area contributed by atoms with Gasteiger partial charge in [0, 0.05) is 32.1 Å². The van der Waals surface area contributed by atoms with Crippen molar-refractivity contribution in [1.29, 1.82) is 0 Å². The van der Waals surface area contributed by atoms with Crippen molar-refractivity contribution in [3.63, 3.8) is 0 Å². The summed E-state index contributed by atoms with van der Waals surface area (Å²) in [4.78, 5) is 16.2. The Morgan fingerprint density at radius 2 is 1.81 bits per heavy atom. The molecule has 0 atom stereocenters. The molecule has 27 heavy (non-hydrogen) atoms. The van der Waals surface area contributed by atoms with Crippen molar-refractivity contribution in [2.24, 2.45) is 10.9 Å². The zero-order valence-electron chi connectivity index (χ0n) is 16.6. The number of nitrogens with zero attached hydrogens (tertiary/aromatic N) is 1. The van der Waals surface area contributed by atoms with Crippen LogP contribution in [0.4, 0.5) is 0 Å². The van der Waals surface area contributed by atoms with Crippen LogP contribution in [0.5, 0.6) is 5.75 Å². The van der Waals surface area contributed by atoms with Gasteiger partial charge >= 0.3 is 0 Å². The van der Waals surface area contributed by atoms with Crippen molar-refractivity contribution in [3.8, 4) is 5.75 Å². The first-order chi connectivity index (χ1) is 12.6. The highest BCUT2D eigenvalue weighted by molar-refractivity contribution is 14.0. The van der Waals surface area contributed by atoms with E-state index in [-0.39, 0.29) is 41.9 Å². The Hall–Kier alpha value is -1.51. The third-order valence-electron chi connectivity index (χ3n) is 3.97. The van der Waals surface area contributed by atoms with Gasteiger partial charge in [0.1, 0.15) is 5.75 Å². The number of rotatable bonds is 10. The molecule has 0 saturated heterocycles. The number of carbonyl (C=O) groups excluding carboxylic acids is 1. The molecule has 1 amide bonds. The van der Waals surface area contributed by atoms with Crippen LogP contribution >= 0.6 is 24.0 Å². The first-order valence-corrected chi connectivity index (χ1v) is 9.64. The van der Waals surface area contributed by atoms with Crippen molar-refractivity contribution in [1.82, 2.24) is 16.0 Å². The minimum Gasteiger partial charge on any atom is -0.491 e. The Morgan fingerprint density at radius 1 is 1.15 bits per heavy atom. The van der Waals surface area contributed by atoms with Crippen molar-refractivity contribution >= 4 is 35.8 Å². The van der Waals surface area contributed by atoms with E-state index < -0.39 is 0 Å². The summed E-state index contributed by atoms with van der Waals surface area (Å²) >= 11 is 0. The molecule has 0 spiro atoms. The molecular weight excluding hydrogens is 455 g/mol. The van der Waals surface area contributed by atoms with Crippen molar-refractivity contribution in [2.45, 2.75) is 46.1 Å². The van der Waals surface area contributed by atoms with Gasteiger partial charge in [-0.25, -0.2) is 0 Å². The van der Waals surface area contributed by atoms with Gasteiger partial charge in [-0.2, -0.15) is 0 Å². The second kappa shape index (κ2) is 12.8. The lowest BCUT2D eigenvalue weighted by atomic mass is 10.1. The van der Waals surface area contributed by atoms with Gasteiger partial charge < -0.3 is 20.7 Å². The first-order valence-electron chi connectivity index (χ1n) is 9.64. The number of nitrogens with one attached hydrogen (secondary N) is 3. The predicted octanol–water partition coefficient (Wildman–Crippen LogP) is 2.72. The predicted molar refractivity (Wildman–Crippen MR) is 121 cm³/mol. The molecule has 0 unspecified atom stereocenters. The van der Waals surface area contributed by atoms with Crippen molar-refractivity contribution in [2.75, 3.05) is 26.2 Å². The van der Waals surface area contributed by atoms with Crippen LogP contribution < -0.4 is 20.7 Å². The van der Waals surface area contributed by atoms with Gasteiger partial charge in [-0.1, -0.05) is 12.1 Å². The highest BCUT2D eigenvalue weighted by Crippen LogP contribution is 2.28. The van der Waals surface area contributed by atoms with Crippen molar-refractivity contribution in [3.05, 3.63) is 29.8 Å². The van der Waals surface area contributed by atoms with Crippen LogP contribution in [0, 0.1) is 5.92 Å². The zero-order valence-corrected chi connectivity index (χ0v) is 18.9. The van der Waals surface area contributed by atoms with Gasteiger partial charge in [-0.15, -0.1) is 24.0 Å². The van der Waals surface area contributed by atoms with Crippen LogP contribution in [-0.2, 0) is 11.2 Å².